The summed E-state index contributed by atoms with van der Waals surface area (Å²) in [5.74, 6) is 0.816. The number of aromatic nitrogens is 3. The molecule has 1 atom stereocenters. The highest BCUT2D eigenvalue weighted by molar-refractivity contribution is 8.00. The van der Waals surface area contributed by atoms with Crippen LogP contribution in [-0.4, -0.2) is 38.7 Å². The SMILES string of the molecule is Cc1cccc(-c2nnc([C@H](C)OC(=O)CSCC(=O)Nc3cc(C)on3)o2)c1. The van der Waals surface area contributed by atoms with Gasteiger partial charge in [0.25, 0.3) is 5.89 Å². The number of thioether (sulfide) groups is 1. The zero-order valence-corrected chi connectivity index (χ0v) is 17.0. The van der Waals surface area contributed by atoms with Crippen LogP contribution < -0.4 is 5.32 Å². The van der Waals surface area contributed by atoms with Gasteiger partial charge in [-0.25, -0.2) is 0 Å². The van der Waals surface area contributed by atoms with E-state index in [0.717, 1.165) is 22.9 Å². The number of ether oxygens (including phenoxy) is 1. The Labute approximate surface area is 171 Å². The second kappa shape index (κ2) is 9.37. The molecule has 0 fully saturated rings. The summed E-state index contributed by atoms with van der Waals surface area (Å²) in [6.07, 6.45) is -0.693. The van der Waals surface area contributed by atoms with Crippen LogP contribution in [0.4, 0.5) is 5.82 Å². The third-order valence-corrected chi connectivity index (χ3v) is 4.62. The number of anilines is 1. The van der Waals surface area contributed by atoms with Crippen molar-refractivity contribution in [2.75, 3.05) is 16.8 Å². The van der Waals surface area contributed by atoms with Crippen LogP contribution in [0.25, 0.3) is 11.5 Å². The van der Waals surface area contributed by atoms with Gasteiger partial charge in [0.2, 0.25) is 11.8 Å². The van der Waals surface area contributed by atoms with Gasteiger partial charge in [0, 0.05) is 11.6 Å². The zero-order valence-electron chi connectivity index (χ0n) is 16.2. The van der Waals surface area contributed by atoms with Crippen molar-refractivity contribution < 1.29 is 23.3 Å². The zero-order chi connectivity index (χ0) is 20.8. The van der Waals surface area contributed by atoms with Crippen LogP contribution in [0.15, 0.2) is 39.3 Å². The number of esters is 1. The van der Waals surface area contributed by atoms with Gasteiger partial charge < -0.3 is 19.0 Å². The monoisotopic (exact) mass is 416 g/mol. The third-order valence-electron chi connectivity index (χ3n) is 3.71. The first kappa shape index (κ1) is 20.6. The number of benzene rings is 1. The molecule has 2 aromatic heterocycles. The molecule has 0 aliphatic heterocycles. The summed E-state index contributed by atoms with van der Waals surface area (Å²) in [5.41, 5.74) is 1.87. The van der Waals surface area contributed by atoms with Gasteiger partial charge >= 0.3 is 5.97 Å². The molecule has 1 aromatic carbocycles. The van der Waals surface area contributed by atoms with E-state index in [1.54, 1.807) is 19.9 Å². The molecule has 10 heteroatoms. The molecule has 2 heterocycles. The molecule has 0 unspecified atom stereocenters. The van der Waals surface area contributed by atoms with Crippen molar-refractivity contribution in [3.8, 4) is 11.5 Å². The number of rotatable bonds is 8. The molecule has 3 rings (SSSR count). The first-order valence-electron chi connectivity index (χ1n) is 8.81. The largest absolute Gasteiger partial charge is 0.452 e. The van der Waals surface area contributed by atoms with Crippen molar-refractivity contribution in [2.45, 2.75) is 26.9 Å². The van der Waals surface area contributed by atoms with Gasteiger partial charge in [-0.3, -0.25) is 9.59 Å². The maximum Gasteiger partial charge on any atom is 0.316 e. The van der Waals surface area contributed by atoms with Crippen LogP contribution >= 0.6 is 11.8 Å². The predicted molar refractivity (Wildman–Crippen MR) is 106 cm³/mol. The van der Waals surface area contributed by atoms with Gasteiger partial charge in [-0.1, -0.05) is 22.9 Å². The standard InChI is InChI=1S/C19H20N4O5S/c1-11-5-4-6-14(7-11)19-22-21-18(27-19)13(3)26-17(25)10-29-9-16(24)20-15-8-12(2)28-23-15/h4-8,13H,9-10H2,1-3H3,(H,20,23,24)/t13-/m0/s1. The van der Waals surface area contributed by atoms with E-state index in [1.807, 2.05) is 31.2 Å². The minimum Gasteiger partial charge on any atom is -0.452 e. The second-order valence-corrected chi connectivity index (χ2v) is 7.30. The second-order valence-electron chi connectivity index (χ2n) is 6.31. The Morgan fingerprint density at radius 3 is 2.76 bits per heavy atom. The molecule has 9 nitrogen and oxygen atoms in total. The van der Waals surface area contributed by atoms with E-state index in [0.29, 0.717) is 17.5 Å². The first-order valence-corrected chi connectivity index (χ1v) is 9.97. The van der Waals surface area contributed by atoms with E-state index in [-0.39, 0.29) is 23.3 Å². The molecule has 1 N–H and O–H groups in total. The molecule has 0 saturated heterocycles. The van der Waals surface area contributed by atoms with E-state index in [1.165, 1.54) is 0 Å². The Balaban J connectivity index is 1.44. The number of carbonyl (C=O) groups excluding carboxylic acids is 2. The van der Waals surface area contributed by atoms with Crippen molar-refractivity contribution in [1.29, 1.82) is 0 Å². The van der Waals surface area contributed by atoms with Crippen molar-refractivity contribution in [3.05, 3.63) is 47.5 Å². The lowest BCUT2D eigenvalue weighted by Crippen LogP contribution is -2.17. The fourth-order valence-electron chi connectivity index (χ4n) is 2.41. The van der Waals surface area contributed by atoms with E-state index in [2.05, 4.69) is 20.7 Å². The minimum absolute atomic E-state index is 0.00841. The van der Waals surface area contributed by atoms with Crippen LogP contribution in [0.1, 0.15) is 30.2 Å². The number of nitrogens with zero attached hydrogens (tertiary/aromatic N) is 3. The molecule has 0 bridgehead atoms. The average molecular weight is 416 g/mol. The Bertz CT molecular complexity index is 1000. The summed E-state index contributed by atoms with van der Waals surface area (Å²) >= 11 is 1.12. The highest BCUT2D eigenvalue weighted by Gasteiger charge is 2.19. The summed E-state index contributed by atoms with van der Waals surface area (Å²) < 4.78 is 15.8. The van der Waals surface area contributed by atoms with Crippen molar-refractivity contribution in [1.82, 2.24) is 15.4 Å². The van der Waals surface area contributed by atoms with Crippen LogP contribution in [0.5, 0.6) is 0 Å². The van der Waals surface area contributed by atoms with Crippen LogP contribution in [0, 0.1) is 13.8 Å². The van der Waals surface area contributed by atoms with Crippen LogP contribution in [0.3, 0.4) is 0 Å². The van der Waals surface area contributed by atoms with Gasteiger partial charge in [0.05, 0.1) is 11.5 Å². The molecule has 0 radical (unpaired) electrons. The predicted octanol–water partition coefficient (Wildman–Crippen LogP) is 3.32. The summed E-state index contributed by atoms with van der Waals surface area (Å²) in [5, 5.41) is 14.2. The van der Waals surface area contributed by atoms with E-state index in [4.69, 9.17) is 13.7 Å². The molecule has 3 aromatic rings. The van der Waals surface area contributed by atoms with Gasteiger partial charge in [0.15, 0.2) is 11.9 Å². The minimum atomic E-state index is -0.693. The Hall–Kier alpha value is -3.14. The highest BCUT2D eigenvalue weighted by Crippen LogP contribution is 2.23. The van der Waals surface area contributed by atoms with Crippen molar-refractivity contribution in [3.63, 3.8) is 0 Å². The molecular weight excluding hydrogens is 396 g/mol. The molecule has 152 valence electrons. The van der Waals surface area contributed by atoms with Crippen molar-refractivity contribution in [2.24, 2.45) is 0 Å². The third kappa shape index (κ3) is 5.92. The first-order chi connectivity index (χ1) is 13.9. The van der Waals surface area contributed by atoms with Gasteiger partial charge in [0.1, 0.15) is 5.76 Å². The lowest BCUT2D eigenvalue weighted by Gasteiger charge is -2.09. The van der Waals surface area contributed by atoms with Crippen LogP contribution in [-0.2, 0) is 14.3 Å². The Morgan fingerprint density at radius 2 is 2.03 bits per heavy atom. The molecule has 0 spiro atoms. The lowest BCUT2D eigenvalue weighted by atomic mass is 10.1. The topological polar surface area (TPSA) is 120 Å². The molecule has 0 aliphatic carbocycles. The molecule has 1 amide bonds. The summed E-state index contributed by atoms with van der Waals surface area (Å²) in [6.45, 7) is 5.34. The fraction of sp³-hybridized carbons (Fsp3) is 0.316. The molecule has 0 saturated carbocycles. The average Bonchev–Trinajstić information content (AvgIpc) is 3.31. The smallest absolute Gasteiger partial charge is 0.316 e. The maximum absolute atomic E-state index is 12.0. The quantitative estimate of drug-likeness (QED) is 0.551. The Kier molecular flexibility index (Phi) is 6.65. The normalized spacial score (nSPS) is 11.8. The molecule has 0 aliphatic rings. The number of hydrogen-bond donors (Lipinski definition) is 1. The Morgan fingerprint density at radius 1 is 1.21 bits per heavy atom. The van der Waals surface area contributed by atoms with Crippen molar-refractivity contribution >= 4 is 29.5 Å². The summed E-state index contributed by atoms with van der Waals surface area (Å²) in [7, 11) is 0. The highest BCUT2D eigenvalue weighted by atomic mass is 32.2. The van der Waals surface area contributed by atoms with Crippen LogP contribution in [0.2, 0.25) is 0 Å². The molecule has 29 heavy (non-hydrogen) atoms. The van der Waals surface area contributed by atoms with Gasteiger partial charge in [-0.05, 0) is 32.9 Å². The number of amides is 1. The lowest BCUT2D eigenvalue weighted by molar-refractivity contribution is -0.146. The summed E-state index contributed by atoms with van der Waals surface area (Å²) in [6, 6.07) is 9.26. The van der Waals surface area contributed by atoms with E-state index < -0.39 is 12.1 Å². The van der Waals surface area contributed by atoms with E-state index in [9.17, 15) is 9.59 Å². The van der Waals surface area contributed by atoms with Gasteiger partial charge in [-0.15, -0.1) is 22.0 Å². The maximum atomic E-state index is 12.0. The number of hydrogen-bond acceptors (Lipinski definition) is 9. The number of aryl methyl sites for hydroxylation is 2. The number of nitrogens with one attached hydrogen (secondary N) is 1. The van der Waals surface area contributed by atoms with E-state index >= 15 is 0 Å². The fourth-order valence-corrected chi connectivity index (χ4v) is 3.00. The summed E-state index contributed by atoms with van der Waals surface area (Å²) in [4.78, 5) is 23.8. The van der Waals surface area contributed by atoms with Gasteiger partial charge in [-0.2, -0.15) is 0 Å². The molecular formula is C19H20N4O5S. The number of carbonyl (C=O) groups is 2.